The molecule has 0 aliphatic rings. The Morgan fingerprint density at radius 3 is 2.39 bits per heavy atom. The van der Waals surface area contributed by atoms with Gasteiger partial charge in [0.15, 0.2) is 5.78 Å². The summed E-state index contributed by atoms with van der Waals surface area (Å²) in [5.41, 5.74) is -0.903. The number of carbonyl (C=O) groups is 1. The fourth-order valence-electron chi connectivity index (χ4n) is 2.04. The van der Waals surface area contributed by atoms with Crippen molar-refractivity contribution >= 4 is 17.4 Å². The molecule has 1 rings (SSSR count). The maximum absolute atomic E-state index is 13.8. The minimum absolute atomic E-state index is 0.0385. The number of hydrogen-bond donors (Lipinski definition) is 0. The summed E-state index contributed by atoms with van der Waals surface area (Å²) in [5, 5.41) is 0.277. The SMILES string of the molecule is CCOC(CC)(CC)C(=O)c1ccc(Cl)cc1F. The van der Waals surface area contributed by atoms with Gasteiger partial charge in [-0.25, -0.2) is 4.39 Å². The molecule has 4 heteroatoms. The first-order valence-electron chi connectivity index (χ1n) is 6.14. The van der Waals surface area contributed by atoms with Gasteiger partial charge in [0.25, 0.3) is 0 Å². The van der Waals surface area contributed by atoms with Crippen LogP contribution in [0.1, 0.15) is 44.0 Å². The highest BCUT2D eigenvalue weighted by Crippen LogP contribution is 2.28. The topological polar surface area (TPSA) is 26.3 Å². The van der Waals surface area contributed by atoms with Gasteiger partial charge in [-0.3, -0.25) is 4.79 Å². The molecule has 2 nitrogen and oxygen atoms in total. The van der Waals surface area contributed by atoms with Crippen LogP contribution in [0.5, 0.6) is 0 Å². The monoisotopic (exact) mass is 272 g/mol. The third-order valence-corrected chi connectivity index (χ3v) is 3.39. The standard InChI is InChI=1S/C14H18ClFO2/c1-4-14(5-2,18-6-3)13(17)11-8-7-10(15)9-12(11)16/h7-9H,4-6H2,1-3H3. The molecule has 1 aromatic carbocycles. The normalized spacial score (nSPS) is 11.6. The Morgan fingerprint density at radius 2 is 1.94 bits per heavy atom. The highest BCUT2D eigenvalue weighted by molar-refractivity contribution is 6.30. The van der Waals surface area contributed by atoms with Gasteiger partial charge in [0, 0.05) is 11.6 Å². The first-order valence-corrected chi connectivity index (χ1v) is 6.52. The van der Waals surface area contributed by atoms with Gasteiger partial charge in [0.1, 0.15) is 11.4 Å². The maximum Gasteiger partial charge on any atom is 0.197 e. The molecule has 100 valence electrons. The van der Waals surface area contributed by atoms with Crippen molar-refractivity contribution in [2.24, 2.45) is 0 Å². The number of benzene rings is 1. The molecule has 0 aliphatic carbocycles. The van der Waals surface area contributed by atoms with Crippen LogP contribution in [0.25, 0.3) is 0 Å². The number of ketones is 1. The second-order valence-corrected chi connectivity index (χ2v) is 4.52. The van der Waals surface area contributed by atoms with Crippen LogP contribution in [0.2, 0.25) is 5.02 Å². The minimum atomic E-state index is -0.941. The number of Topliss-reactive ketones (excluding diaryl/α,β-unsaturated/α-hetero) is 1. The minimum Gasteiger partial charge on any atom is -0.367 e. The van der Waals surface area contributed by atoms with E-state index in [0.29, 0.717) is 19.4 Å². The number of ether oxygens (including phenoxy) is 1. The van der Waals surface area contributed by atoms with Crippen LogP contribution in [0.15, 0.2) is 18.2 Å². The Kier molecular flexibility index (Phi) is 5.29. The third kappa shape index (κ3) is 2.90. The van der Waals surface area contributed by atoms with E-state index in [9.17, 15) is 9.18 Å². The van der Waals surface area contributed by atoms with E-state index in [1.54, 1.807) is 0 Å². The molecule has 0 bridgehead atoms. The molecular weight excluding hydrogens is 255 g/mol. The molecule has 0 unspecified atom stereocenters. The Labute approximate surface area is 112 Å². The molecule has 0 saturated carbocycles. The first-order chi connectivity index (χ1) is 8.50. The van der Waals surface area contributed by atoms with E-state index < -0.39 is 11.4 Å². The van der Waals surface area contributed by atoms with Crippen molar-refractivity contribution in [3.63, 3.8) is 0 Å². The number of rotatable bonds is 6. The lowest BCUT2D eigenvalue weighted by Crippen LogP contribution is -2.41. The third-order valence-electron chi connectivity index (χ3n) is 3.15. The van der Waals surface area contributed by atoms with Crippen LogP contribution in [-0.2, 0) is 4.74 Å². The Bertz CT molecular complexity index is 428. The van der Waals surface area contributed by atoms with Gasteiger partial charge in [-0.2, -0.15) is 0 Å². The highest BCUT2D eigenvalue weighted by Gasteiger charge is 2.37. The van der Waals surface area contributed by atoms with Crippen molar-refractivity contribution < 1.29 is 13.9 Å². The van der Waals surface area contributed by atoms with Crippen molar-refractivity contribution in [3.05, 3.63) is 34.6 Å². The van der Waals surface area contributed by atoms with Crippen molar-refractivity contribution in [3.8, 4) is 0 Å². The smallest absolute Gasteiger partial charge is 0.197 e. The molecule has 18 heavy (non-hydrogen) atoms. The zero-order valence-corrected chi connectivity index (χ0v) is 11.7. The van der Waals surface area contributed by atoms with Gasteiger partial charge < -0.3 is 4.74 Å². The van der Waals surface area contributed by atoms with E-state index in [4.69, 9.17) is 16.3 Å². The quantitative estimate of drug-likeness (QED) is 0.724. The van der Waals surface area contributed by atoms with Crippen molar-refractivity contribution in [1.29, 1.82) is 0 Å². The lowest BCUT2D eigenvalue weighted by molar-refractivity contribution is -0.0253. The average molecular weight is 273 g/mol. The van der Waals surface area contributed by atoms with Crippen molar-refractivity contribution in [1.82, 2.24) is 0 Å². The summed E-state index contributed by atoms with van der Waals surface area (Å²) in [4.78, 5) is 12.4. The van der Waals surface area contributed by atoms with Gasteiger partial charge in [-0.05, 0) is 38.0 Å². The Morgan fingerprint density at radius 1 is 1.33 bits per heavy atom. The number of hydrogen-bond acceptors (Lipinski definition) is 2. The summed E-state index contributed by atoms with van der Waals surface area (Å²) in [5.74, 6) is -0.915. The largest absolute Gasteiger partial charge is 0.367 e. The molecule has 0 aliphatic heterocycles. The van der Waals surface area contributed by atoms with E-state index in [1.165, 1.54) is 12.1 Å². The van der Waals surface area contributed by atoms with Crippen LogP contribution in [-0.4, -0.2) is 18.0 Å². The fraction of sp³-hybridized carbons (Fsp3) is 0.500. The van der Waals surface area contributed by atoms with E-state index in [1.807, 2.05) is 20.8 Å². The van der Waals surface area contributed by atoms with Gasteiger partial charge in [0.05, 0.1) is 5.56 Å². The molecular formula is C14H18ClFO2. The van der Waals surface area contributed by atoms with E-state index in [2.05, 4.69) is 0 Å². The van der Waals surface area contributed by atoms with Gasteiger partial charge in [-0.15, -0.1) is 0 Å². The summed E-state index contributed by atoms with van der Waals surface area (Å²) in [6.07, 6.45) is 1.02. The maximum atomic E-state index is 13.8. The van der Waals surface area contributed by atoms with Crippen molar-refractivity contribution in [2.45, 2.75) is 39.2 Å². The van der Waals surface area contributed by atoms with Gasteiger partial charge in [0.2, 0.25) is 0 Å². The molecule has 0 atom stereocenters. The zero-order valence-electron chi connectivity index (χ0n) is 10.9. The summed E-state index contributed by atoms with van der Waals surface area (Å²) >= 11 is 5.68. The summed E-state index contributed by atoms with van der Waals surface area (Å²) in [6.45, 7) is 5.98. The molecule has 0 heterocycles. The lowest BCUT2D eigenvalue weighted by atomic mass is 9.87. The van der Waals surface area contributed by atoms with Crippen LogP contribution >= 0.6 is 11.6 Å². The molecule has 0 spiro atoms. The molecule has 0 N–H and O–H groups in total. The fourth-order valence-corrected chi connectivity index (χ4v) is 2.19. The lowest BCUT2D eigenvalue weighted by Gasteiger charge is -2.30. The van der Waals surface area contributed by atoms with E-state index in [-0.39, 0.29) is 16.4 Å². The van der Waals surface area contributed by atoms with Gasteiger partial charge in [-0.1, -0.05) is 25.4 Å². The molecule has 0 saturated heterocycles. The zero-order chi connectivity index (χ0) is 13.8. The van der Waals surface area contributed by atoms with E-state index >= 15 is 0 Å². The molecule has 0 aromatic heterocycles. The van der Waals surface area contributed by atoms with Crippen LogP contribution < -0.4 is 0 Å². The van der Waals surface area contributed by atoms with Crippen LogP contribution in [0, 0.1) is 5.82 Å². The summed E-state index contributed by atoms with van der Waals surface area (Å²) in [6, 6.07) is 4.08. The predicted molar refractivity (Wildman–Crippen MR) is 70.7 cm³/mol. The van der Waals surface area contributed by atoms with E-state index in [0.717, 1.165) is 6.07 Å². The summed E-state index contributed by atoms with van der Waals surface area (Å²) < 4.78 is 19.4. The first kappa shape index (κ1) is 15.1. The number of carbonyl (C=O) groups excluding carboxylic acids is 1. The second-order valence-electron chi connectivity index (χ2n) is 4.09. The predicted octanol–water partition coefficient (Wildman–Crippen LogP) is 4.26. The second kappa shape index (κ2) is 6.30. The molecule has 0 radical (unpaired) electrons. The van der Waals surface area contributed by atoms with Gasteiger partial charge >= 0.3 is 0 Å². The highest BCUT2D eigenvalue weighted by atomic mass is 35.5. The van der Waals surface area contributed by atoms with Crippen LogP contribution in [0.3, 0.4) is 0 Å². The molecule has 0 fully saturated rings. The average Bonchev–Trinajstić information content (AvgIpc) is 2.35. The summed E-state index contributed by atoms with van der Waals surface area (Å²) in [7, 11) is 0. The molecule has 0 amide bonds. The Balaban J connectivity index is 3.17. The van der Waals surface area contributed by atoms with Crippen LogP contribution in [0.4, 0.5) is 4.39 Å². The number of halogens is 2. The molecule has 1 aromatic rings. The Hall–Kier alpha value is -0.930. The van der Waals surface area contributed by atoms with Crippen molar-refractivity contribution in [2.75, 3.05) is 6.61 Å².